The first-order valence-electron chi connectivity index (χ1n) is 15.9. The average molecular weight is 654 g/mol. The summed E-state index contributed by atoms with van der Waals surface area (Å²) in [6.07, 6.45) is 8.05. The number of rotatable bonds is 10. The standard InChI is InChI=1S/C34H45BrN4O4/c1-2-3-19-39-31(41)29(23-33(43)15-5-4-6-16-33)37-32(42)34(39)17-20-38(21-18-34)24-26-9-13-28(14-10-26)36-30(40)22-25-7-11-27(35)12-8-25/h7-14,29,43H,2-6,15-24H2,1H3,(H,36,40)(H,37,42)/t29-/m1/s1. The number of piperidine rings is 1. The molecule has 3 aliphatic rings. The molecule has 2 aliphatic heterocycles. The Kier molecular flexibility index (Phi) is 10.2. The average Bonchev–Trinajstić information content (AvgIpc) is 2.99. The van der Waals surface area contributed by atoms with Crippen LogP contribution < -0.4 is 10.6 Å². The van der Waals surface area contributed by atoms with Gasteiger partial charge in [0.05, 0.1) is 12.0 Å². The van der Waals surface area contributed by atoms with E-state index in [1.165, 1.54) is 0 Å². The molecular weight excluding hydrogens is 608 g/mol. The van der Waals surface area contributed by atoms with Crippen LogP contribution in [0.5, 0.6) is 0 Å². The maximum absolute atomic E-state index is 13.8. The van der Waals surface area contributed by atoms with Crippen LogP contribution in [0.25, 0.3) is 0 Å². The second-order valence-corrected chi connectivity index (χ2v) is 13.6. The molecule has 2 saturated heterocycles. The van der Waals surface area contributed by atoms with Crippen molar-refractivity contribution in [2.45, 2.75) is 101 Å². The fourth-order valence-corrected chi connectivity index (χ4v) is 7.24. The lowest BCUT2D eigenvalue weighted by Crippen LogP contribution is -2.73. The number of benzene rings is 2. The zero-order valence-electron chi connectivity index (χ0n) is 25.2. The van der Waals surface area contributed by atoms with Gasteiger partial charge in [-0.2, -0.15) is 0 Å². The van der Waals surface area contributed by atoms with Crippen molar-refractivity contribution in [1.82, 2.24) is 15.1 Å². The van der Waals surface area contributed by atoms with Crippen LogP contribution in [0.1, 0.15) is 82.3 Å². The first-order valence-corrected chi connectivity index (χ1v) is 16.7. The number of halogens is 1. The quantitative estimate of drug-likeness (QED) is 0.328. The van der Waals surface area contributed by atoms with Gasteiger partial charge < -0.3 is 20.6 Å². The Balaban J connectivity index is 1.17. The highest BCUT2D eigenvalue weighted by molar-refractivity contribution is 9.10. The Morgan fingerprint density at radius 2 is 1.63 bits per heavy atom. The van der Waals surface area contributed by atoms with Crippen LogP contribution >= 0.6 is 15.9 Å². The molecule has 2 heterocycles. The molecule has 0 unspecified atom stereocenters. The van der Waals surface area contributed by atoms with E-state index in [-0.39, 0.29) is 17.7 Å². The van der Waals surface area contributed by atoms with E-state index >= 15 is 0 Å². The molecule has 8 nitrogen and oxygen atoms in total. The third-order valence-corrected chi connectivity index (χ3v) is 10.0. The van der Waals surface area contributed by atoms with Crippen molar-refractivity contribution < 1.29 is 19.5 Å². The highest BCUT2D eigenvalue weighted by Crippen LogP contribution is 2.37. The van der Waals surface area contributed by atoms with Gasteiger partial charge in [0, 0.05) is 42.8 Å². The van der Waals surface area contributed by atoms with E-state index in [0.29, 0.717) is 58.2 Å². The number of nitrogens with zero attached hydrogens (tertiary/aromatic N) is 2. The number of carbonyl (C=O) groups is 3. The molecule has 2 aromatic carbocycles. The van der Waals surface area contributed by atoms with Gasteiger partial charge in [0.1, 0.15) is 11.6 Å². The van der Waals surface area contributed by atoms with E-state index in [1.54, 1.807) is 0 Å². The monoisotopic (exact) mass is 652 g/mol. The number of hydrogen-bond acceptors (Lipinski definition) is 5. The van der Waals surface area contributed by atoms with Crippen molar-refractivity contribution in [1.29, 1.82) is 0 Å². The Hall–Kier alpha value is -2.75. The van der Waals surface area contributed by atoms with Gasteiger partial charge in [-0.25, -0.2) is 0 Å². The van der Waals surface area contributed by atoms with Crippen LogP contribution in [0.3, 0.4) is 0 Å². The molecule has 1 spiro atoms. The van der Waals surface area contributed by atoms with E-state index in [0.717, 1.165) is 59.9 Å². The number of likely N-dealkylation sites (tertiary alicyclic amines) is 1. The number of anilines is 1. The van der Waals surface area contributed by atoms with Crippen molar-refractivity contribution in [2.24, 2.45) is 0 Å². The van der Waals surface area contributed by atoms with Gasteiger partial charge in [0.2, 0.25) is 17.7 Å². The largest absolute Gasteiger partial charge is 0.390 e. The zero-order chi connectivity index (χ0) is 30.5. The van der Waals surface area contributed by atoms with Gasteiger partial charge in [-0.15, -0.1) is 0 Å². The van der Waals surface area contributed by atoms with Gasteiger partial charge in [0.25, 0.3) is 0 Å². The van der Waals surface area contributed by atoms with E-state index in [2.05, 4.69) is 38.4 Å². The van der Waals surface area contributed by atoms with Crippen molar-refractivity contribution >= 4 is 39.3 Å². The van der Waals surface area contributed by atoms with E-state index in [4.69, 9.17) is 0 Å². The van der Waals surface area contributed by atoms with Crippen LogP contribution in [0.2, 0.25) is 0 Å². The number of amides is 3. The fourth-order valence-electron chi connectivity index (χ4n) is 6.97. The summed E-state index contributed by atoms with van der Waals surface area (Å²) in [5.74, 6) is -0.145. The molecule has 0 bridgehead atoms. The van der Waals surface area contributed by atoms with Gasteiger partial charge in [-0.1, -0.05) is 72.8 Å². The van der Waals surface area contributed by atoms with Gasteiger partial charge in [-0.05, 0) is 67.5 Å². The summed E-state index contributed by atoms with van der Waals surface area (Å²) in [7, 11) is 0. The molecule has 0 aromatic heterocycles. The van der Waals surface area contributed by atoms with E-state index < -0.39 is 17.2 Å². The number of unbranched alkanes of at least 4 members (excludes halogenated alkanes) is 1. The smallest absolute Gasteiger partial charge is 0.246 e. The minimum Gasteiger partial charge on any atom is -0.390 e. The normalized spacial score (nSPS) is 21.9. The lowest BCUT2D eigenvalue weighted by molar-refractivity contribution is -0.163. The Morgan fingerprint density at radius 3 is 2.28 bits per heavy atom. The van der Waals surface area contributed by atoms with Gasteiger partial charge in [0.15, 0.2) is 0 Å². The third-order valence-electron chi connectivity index (χ3n) is 9.52. The molecule has 1 atom stereocenters. The first kappa shape index (κ1) is 31.7. The molecular formula is C34H45BrN4O4. The van der Waals surface area contributed by atoms with E-state index in [9.17, 15) is 19.5 Å². The topological polar surface area (TPSA) is 102 Å². The molecule has 232 valence electrons. The number of piperazine rings is 1. The summed E-state index contributed by atoms with van der Waals surface area (Å²) in [4.78, 5) is 44.2. The first-order chi connectivity index (χ1) is 20.7. The molecule has 3 amide bonds. The number of carbonyl (C=O) groups excluding carboxylic acids is 3. The molecule has 3 N–H and O–H groups in total. The summed E-state index contributed by atoms with van der Waals surface area (Å²) in [6.45, 7) is 4.84. The highest BCUT2D eigenvalue weighted by atomic mass is 79.9. The Bertz CT molecular complexity index is 1270. The van der Waals surface area contributed by atoms with Crippen molar-refractivity contribution in [2.75, 3.05) is 25.0 Å². The molecule has 1 aliphatic carbocycles. The minimum absolute atomic E-state index is 0.0294. The molecule has 9 heteroatoms. The molecule has 0 radical (unpaired) electrons. The van der Waals surface area contributed by atoms with Gasteiger partial charge >= 0.3 is 0 Å². The van der Waals surface area contributed by atoms with Crippen LogP contribution in [0.15, 0.2) is 53.0 Å². The predicted octanol–water partition coefficient (Wildman–Crippen LogP) is 5.18. The number of aliphatic hydroxyl groups is 1. The second-order valence-electron chi connectivity index (χ2n) is 12.7. The zero-order valence-corrected chi connectivity index (χ0v) is 26.8. The Morgan fingerprint density at radius 1 is 0.977 bits per heavy atom. The molecule has 3 fully saturated rings. The minimum atomic E-state index is -0.867. The maximum Gasteiger partial charge on any atom is 0.246 e. The SMILES string of the molecule is CCCCN1C(=O)[C@@H](CC2(O)CCCCC2)NC(=O)C12CCN(Cc1ccc(NC(=O)Cc3ccc(Br)cc3)cc1)CC2. The lowest BCUT2D eigenvalue weighted by Gasteiger charge is -2.52. The van der Waals surface area contributed by atoms with Crippen molar-refractivity contribution in [3.05, 3.63) is 64.1 Å². The summed E-state index contributed by atoms with van der Waals surface area (Å²) < 4.78 is 0.986. The molecule has 2 aromatic rings. The van der Waals surface area contributed by atoms with Crippen LogP contribution in [-0.4, -0.2) is 69.4 Å². The van der Waals surface area contributed by atoms with E-state index in [1.807, 2.05) is 53.4 Å². The van der Waals surface area contributed by atoms with Crippen LogP contribution in [0, 0.1) is 0 Å². The summed E-state index contributed by atoms with van der Waals surface area (Å²) >= 11 is 3.42. The summed E-state index contributed by atoms with van der Waals surface area (Å²) in [5, 5.41) is 17.2. The number of hydrogen-bond donors (Lipinski definition) is 3. The molecule has 1 saturated carbocycles. The second kappa shape index (κ2) is 13.9. The summed E-state index contributed by atoms with van der Waals surface area (Å²) in [5.41, 5.74) is 1.17. The van der Waals surface area contributed by atoms with Crippen LogP contribution in [0.4, 0.5) is 5.69 Å². The molecule has 5 rings (SSSR count). The van der Waals surface area contributed by atoms with Crippen molar-refractivity contribution in [3.63, 3.8) is 0 Å². The summed E-state index contributed by atoms with van der Waals surface area (Å²) in [6, 6.07) is 15.0. The predicted molar refractivity (Wildman–Crippen MR) is 171 cm³/mol. The Labute approximate surface area is 263 Å². The van der Waals surface area contributed by atoms with Gasteiger partial charge in [-0.3, -0.25) is 19.3 Å². The molecule has 43 heavy (non-hydrogen) atoms. The third kappa shape index (κ3) is 7.67. The number of nitrogens with one attached hydrogen (secondary N) is 2. The highest BCUT2D eigenvalue weighted by Gasteiger charge is 2.54. The van der Waals surface area contributed by atoms with Crippen LogP contribution in [-0.2, 0) is 27.3 Å². The van der Waals surface area contributed by atoms with Crippen molar-refractivity contribution in [3.8, 4) is 0 Å². The maximum atomic E-state index is 13.8. The lowest BCUT2D eigenvalue weighted by atomic mass is 9.77. The fraction of sp³-hybridized carbons (Fsp3) is 0.559.